The quantitative estimate of drug-likeness (QED) is 0.519. The zero-order valence-corrected chi connectivity index (χ0v) is 17.3. The zero-order valence-electron chi connectivity index (χ0n) is 16.5. The maximum atomic E-state index is 13.0. The van der Waals surface area contributed by atoms with Crippen molar-refractivity contribution >= 4 is 34.3 Å². The van der Waals surface area contributed by atoms with E-state index in [1.165, 1.54) is 4.68 Å². The van der Waals surface area contributed by atoms with Crippen LogP contribution in [-0.4, -0.2) is 25.7 Å². The molecule has 7 nitrogen and oxygen atoms in total. The lowest BCUT2D eigenvalue weighted by molar-refractivity contribution is 0.0997. The molecular weight excluding hydrogens is 390 g/mol. The molecule has 0 aliphatic carbocycles. The summed E-state index contributed by atoms with van der Waals surface area (Å²) in [7, 11) is 0. The number of anilines is 1. The molecule has 4 aromatic rings. The number of halogens is 1. The van der Waals surface area contributed by atoms with Crippen molar-refractivity contribution in [1.82, 2.24) is 19.7 Å². The lowest BCUT2D eigenvalue weighted by Crippen LogP contribution is -2.16. The average Bonchev–Trinajstić information content (AvgIpc) is 3.24. The molecule has 29 heavy (non-hydrogen) atoms. The van der Waals surface area contributed by atoms with Crippen LogP contribution in [-0.2, 0) is 5.41 Å². The summed E-state index contributed by atoms with van der Waals surface area (Å²) in [5.41, 5.74) is 1.91. The Morgan fingerprint density at radius 1 is 1.17 bits per heavy atom. The number of benzene rings is 1. The van der Waals surface area contributed by atoms with Crippen LogP contribution in [0.15, 0.2) is 47.1 Å². The molecule has 0 bridgehead atoms. The van der Waals surface area contributed by atoms with Crippen molar-refractivity contribution in [3.63, 3.8) is 0 Å². The number of carbonyl (C=O) groups is 1. The molecule has 0 atom stereocenters. The zero-order chi connectivity index (χ0) is 20.8. The maximum Gasteiger partial charge on any atom is 0.292 e. The summed E-state index contributed by atoms with van der Waals surface area (Å²) >= 11 is 6.08. The van der Waals surface area contributed by atoms with Gasteiger partial charge in [0.2, 0.25) is 0 Å². The summed E-state index contributed by atoms with van der Waals surface area (Å²) in [4.78, 5) is 21.5. The van der Waals surface area contributed by atoms with Gasteiger partial charge in [-0.2, -0.15) is 9.78 Å². The third-order valence-electron chi connectivity index (χ3n) is 4.57. The second-order valence-electron chi connectivity index (χ2n) is 7.78. The lowest BCUT2D eigenvalue weighted by atomic mass is 9.92. The number of amides is 1. The molecule has 3 heterocycles. The highest BCUT2D eigenvalue weighted by Gasteiger charge is 2.24. The van der Waals surface area contributed by atoms with Crippen molar-refractivity contribution in [3.05, 3.63) is 64.8 Å². The normalized spacial score (nSPS) is 11.8. The Bertz CT molecular complexity index is 1210. The fourth-order valence-corrected chi connectivity index (χ4v) is 3.14. The van der Waals surface area contributed by atoms with E-state index >= 15 is 0 Å². The van der Waals surface area contributed by atoms with Gasteiger partial charge in [-0.25, -0.2) is 9.97 Å². The highest BCUT2D eigenvalue weighted by atomic mass is 35.5. The Morgan fingerprint density at radius 3 is 2.59 bits per heavy atom. The fourth-order valence-electron chi connectivity index (χ4n) is 2.97. The first-order chi connectivity index (χ1) is 13.7. The first-order valence-corrected chi connectivity index (χ1v) is 9.50. The van der Waals surface area contributed by atoms with E-state index < -0.39 is 0 Å². The molecule has 3 aromatic heterocycles. The van der Waals surface area contributed by atoms with Crippen LogP contribution in [0, 0.1) is 6.92 Å². The van der Waals surface area contributed by atoms with E-state index in [9.17, 15) is 4.79 Å². The summed E-state index contributed by atoms with van der Waals surface area (Å²) in [6, 6.07) is 8.81. The van der Waals surface area contributed by atoms with E-state index in [4.69, 9.17) is 16.0 Å². The second-order valence-corrected chi connectivity index (χ2v) is 8.21. The Balaban J connectivity index is 1.75. The Hall–Kier alpha value is -3.19. The minimum Gasteiger partial charge on any atom is -0.451 e. The molecule has 4 rings (SSSR count). The number of nitrogens with zero attached hydrogens (tertiary/aromatic N) is 4. The van der Waals surface area contributed by atoms with Crippen LogP contribution in [0.3, 0.4) is 0 Å². The van der Waals surface area contributed by atoms with Crippen LogP contribution in [0.1, 0.15) is 42.6 Å². The van der Waals surface area contributed by atoms with Gasteiger partial charge in [0.05, 0.1) is 5.69 Å². The van der Waals surface area contributed by atoms with Gasteiger partial charge in [-0.15, -0.1) is 0 Å². The molecule has 1 N–H and O–H groups in total. The smallest absolute Gasteiger partial charge is 0.292 e. The third kappa shape index (κ3) is 3.61. The summed E-state index contributed by atoms with van der Waals surface area (Å²) in [5, 5.41) is 8.88. The van der Waals surface area contributed by atoms with Crippen molar-refractivity contribution in [3.8, 4) is 5.95 Å². The van der Waals surface area contributed by atoms with Crippen LogP contribution in [0.4, 0.5) is 5.82 Å². The van der Waals surface area contributed by atoms with Gasteiger partial charge in [-0.1, -0.05) is 32.4 Å². The Morgan fingerprint density at radius 2 is 1.90 bits per heavy atom. The number of hydrogen-bond donors (Lipinski definition) is 1. The van der Waals surface area contributed by atoms with Gasteiger partial charge in [-0.3, -0.25) is 4.79 Å². The molecule has 8 heteroatoms. The van der Waals surface area contributed by atoms with Crippen LogP contribution in [0.2, 0.25) is 5.02 Å². The van der Waals surface area contributed by atoms with Crippen molar-refractivity contribution in [2.24, 2.45) is 0 Å². The highest BCUT2D eigenvalue weighted by molar-refractivity contribution is 6.31. The van der Waals surface area contributed by atoms with Gasteiger partial charge in [0.1, 0.15) is 11.4 Å². The predicted molar refractivity (Wildman–Crippen MR) is 112 cm³/mol. The molecule has 0 saturated carbocycles. The predicted octanol–water partition coefficient (Wildman–Crippen LogP) is 4.92. The monoisotopic (exact) mass is 409 g/mol. The number of furan rings is 1. The standard InChI is InChI=1S/C21H20ClN5O2/c1-12-14-10-13(22)6-7-15(14)29-18(12)19(28)25-17-11-16(21(2,3)4)26-27(17)20-23-8-5-9-24-20/h5-11H,1-4H3,(H,25,28). The van der Waals surface area contributed by atoms with Crippen molar-refractivity contribution in [2.75, 3.05) is 5.32 Å². The van der Waals surface area contributed by atoms with Crippen molar-refractivity contribution in [2.45, 2.75) is 33.1 Å². The van der Waals surface area contributed by atoms with Gasteiger partial charge in [0.15, 0.2) is 5.76 Å². The fraction of sp³-hybridized carbons (Fsp3) is 0.238. The summed E-state index contributed by atoms with van der Waals surface area (Å²) in [5.74, 6) is 0.670. The van der Waals surface area contributed by atoms with Gasteiger partial charge < -0.3 is 9.73 Å². The molecule has 0 unspecified atom stereocenters. The lowest BCUT2D eigenvalue weighted by Gasteiger charge is -2.13. The topological polar surface area (TPSA) is 85.8 Å². The van der Waals surface area contributed by atoms with E-state index in [1.807, 2.05) is 33.8 Å². The average molecular weight is 410 g/mol. The van der Waals surface area contributed by atoms with Crippen molar-refractivity contribution in [1.29, 1.82) is 0 Å². The summed E-state index contributed by atoms with van der Waals surface area (Å²) < 4.78 is 7.30. The van der Waals surface area contributed by atoms with Crippen LogP contribution in [0.25, 0.3) is 16.9 Å². The number of hydrogen-bond acceptors (Lipinski definition) is 5. The second kappa shape index (κ2) is 7.00. The minimum absolute atomic E-state index is 0.217. The molecule has 1 aromatic carbocycles. The molecule has 0 fully saturated rings. The SMILES string of the molecule is Cc1c(C(=O)Nc2cc(C(C)(C)C)nn2-c2ncccn2)oc2ccc(Cl)cc12. The van der Waals surface area contributed by atoms with Gasteiger partial charge >= 0.3 is 0 Å². The molecule has 0 saturated heterocycles. The molecule has 148 valence electrons. The van der Waals surface area contributed by atoms with Crippen LogP contribution < -0.4 is 5.32 Å². The van der Waals surface area contributed by atoms with E-state index in [2.05, 4.69) is 20.4 Å². The van der Waals surface area contributed by atoms with E-state index in [0.29, 0.717) is 22.4 Å². The van der Waals surface area contributed by atoms with Crippen LogP contribution >= 0.6 is 11.6 Å². The van der Waals surface area contributed by atoms with Crippen LogP contribution in [0.5, 0.6) is 0 Å². The largest absolute Gasteiger partial charge is 0.451 e. The maximum absolute atomic E-state index is 13.0. The van der Waals surface area contributed by atoms with Gasteiger partial charge in [0.25, 0.3) is 11.9 Å². The first kappa shape index (κ1) is 19.1. The summed E-state index contributed by atoms with van der Waals surface area (Å²) in [6.07, 6.45) is 3.25. The van der Waals surface area contributed by atoms with Gasteiger partial charge in [0, 0.05) is 39.8 Å². The Kier molecular flexibility index (Phi) is 4.62. The van der Waals surface area contributed by atoms with Crippen molar-refractivity contribution < 1.29 is 9.21 Å². The molecule has 0 radical (unpaired) electrons. The molecule has 0 aliphatic heterocycles. The number of rotatable bonds is 3. The molecule has 0 spiro atoms. The number of carbonyl (C=O) groups excluding carboxylic acids is 1. The number of fused-ring (bicyclic) bond motifs is 1. The van der Waals surface area contributed by atoms with E-state index in [1.54, 1.807) is 36.7 Å². The van der Waals surface area contributed by atoms with E-state index in [0.717, 1.165) is 16.6 Å². The van der Waals surface area contributed by atoms with Gasteiger partial charge in [-0.05, 0) is 31.2 Å². The number of aryl methyl sites for hydroxylation is 1. The van der Waals surface area contributed by atoms with E-state index in [-0.39, 0.29) is 17.1 Å². The molecule has 0 aliphatic rings. The Labute approximate surface area is 172 Å². The highest BCUT2D eigenvalue weighted by Crippen LogP contribution is 2.29. The summed E-state index contributed by atoms with van der Waals surface area (Å²) in [6.45, 7) is 7.97. The molecular formula is C21H20ClN5O2. The third-order valence-corrected chi connectivity index (χ3v) is 4.80. The number of aromatic nitrogens is 4. The molecule has 1 amide bonds. The minimum atomic E-state index is -0.382. The first-order valence-electron chi connectivity index (χ1n) is 9.12. The number of nitrogens with one attached hydrogen (secondary N) is 1.